The summed E-state index contributed by atoms with van der Waals surface area (Å²) < 4.78 is 10.5. The van der Waals surface area contributed by atoms with Gasteiger partial charge in [-0.15, -0.1) is 0 Å². The van der Waals surface area contributed by atoms with Crippen LogP contribution in [0.3, 0.4) is 0 Å². The van der Waals surface area contributed by atoms with E-state index in [0.717, 1.165) is 18.4 Å². The zero-order valence-corrected chi connectivity index (χ0v) is 15.9. The average molecular weight is 362 g/mol. The highest BCUT2D eigenvalue weighted by Crippen LogP contribution is 2.28. The summed E-state index contributed by atoms with van der Waals surface area (Å²) in [7, 11) is 5.12. The predicted octanol–water partition coefficient (Wildman–Crippen LogP) is 3.38. The molecule has 25 heavy (non-hydrogen) atoms. The molecule has 6 heteroatoms. The minimum Gasteiger partial charge on any atom is -0.493 e. The van der Waals surface area contributed by atoms with Crippen molar-refractivity contribution in [3.63, 3.8) is 0 Å². The lowest BCUT2D eigenvalue weighted by Crippen LogP contribution is -2.45. The highest BCUT2D eigenvalue weighted by atomic mass is 32.1. The molecule has 0 atom stereocenters. The Balaban J connectivity index is 1.92. The molecule has 5 nitrogen and oxygen atoms in total. The van der Waals surface area contributed by atoms with Crippen LogP contribution in [0, 0.1) is 0 Å². The van der Waals surface area contributed by atoms with Gasteiger partial charge in [0.1, 0.15) is 0 Å². The third-order valence-electron chi connectivity index (χ3n) is 4.51. The Kier molecular flexibility index (Phi) is 7.25. The van der Waals surface area contributed by atoms with Gasteiger partial charge in [-0.25, -0.2) is 0 Å². The number of hydrogen-bond acceptors (Lipinski definition) is 4. The van der Waals surface area contributed by atoms with E-state index in [9.17, 15) is 4.79 Å². The molecule has 1 aromatic rings. The van der Waals surface area contributed by atoms with E-state index in [1.54, 1.807) is 26.4 Å². The summed E-state index contributed by atoms with van der Waals surface area (Å²) in [6.07, 6.45) is 9.21. The Hall–Kier alpha value is -2.08. The van der Waals surface area contributed by atoms with E-state index < -0.39 is 0 Å². The number of nitrogens with zero attached hydrogens (tertiary/aromatic N) is 1. The fourth-order valence-corrected chi connectivity index (χ4v) is 3.25. The second-order valence-electron chi connectivity index (χ2n) is 6.14. The Morgan fingerprint density at radius 2 is 1.88 bits per heavy atom. The molecule has 136 valence electrons. The smallest absolute Gasteiger partial charge is 0.250 e. The van der Waals surface area contributed by atoms with Gasteiger partial charge >= 0.3 is 0 Å². The SMILES string of the molecule is COc1ccc(/C=C/C(=O)NC(=S)N(C)C2CCCCC2)cc1OC. The van der Waals surface area contributed by atoms with Crippen molar-refractivity contribution in [3.05, 3.63) is 29.8 Å². The molecule has 0 bridgehead atoms. The van der Waals surface area contributed by atoms with Crippen LogP contribution in [-0.4, -0.2) is 43.2 Å². The topological polar surface area (TPSA) is 50.8 Å². The molecule has 0 aromatic heterocycles. The lowest BCUT2D eigenvalue weighted by Gasteiger charge is -2.32. The fraction of sp³-hybridized carbons (Fsp3) is 0.474. The Morgan fingerprint density at radius 3 is 2.52 bits per heavy atom. The van der Waals surface area contributed by atoms with Gasteiger partial charge in [-0.05, 0) is 48.8 Å². The van der Waals surface area contributed by atoms with E-state index in [2.05, 4.69) is 5.32 Å². The van der Waals surface area contributed by atoms with E-state index in [1.807, 2.05) is 24.1 Å². The second-order valence-corrected chi connectivity index (χ2v) is 6.53. The molecule has 1 aromatic carbocycles. The van der Waals surface area contributed by atoms with Gasteiger partial charge in [0.25, 0.3) is 0 Å². The number of nitrogens with one attached hydrogen (secondary N) is 1. The highest BCUT2D eigenvalue weighted by molar-refractivity contribution is 7.80. The van der Waals surface area contributed by atoms with Crippen LogP contribution in [-0.2, 0) is 4.79 Å². The Morgan fingerprint density at radius 1 is 1.20 bits per heavy atom. The first-order chi connectivity index (χ1) is 12.0. The molecule has 1 N–H and O–H groups in total. The molecule has 1 fully saturated rings. The largest absolute Gasteiger partial charge is 0.493 e. The lowest BCUT2D eigenvalue weighted by atomic mass is 9.95. The van der Waals surface area contributed by atoms with Crippen molar-refractivity contribution < 1.29 is 14.3 Å². The number of rotatable bonds is 5. The van der Waals surface area contributed by atoms with Crippen LogP contribution in [0.2, 0.25) is 0 Å². The second kappa shape index (κ2) is 9.42. The van der Waals surface area contributed by atoms with Crippen LogP contribution in [0.1, 0.15) is 37.7 Å². The first-order valence-electron chi connectivity index (χ1n) is 8.53. The van der Waals surface area contributed by atoms with Crippen LogP contribution < -0.4 is 14.8 Å². The maximum atomic E-state index is 12.1. The highest BCUT2D eigenvalue weighted by Gasteiger charge is 2.20. The molecule has 0 unspecified atom stereocenters. The quantitative estimate of drug-likeness (QED) is 0.643. The van der Waals surface area contributed by atoms with Gasteiger partial charge < -0.3 is 14.4 Å². The van der Waals surface area contributed by atoms with Crippen molar-refractivity contribution in [2.45, 2.75) is 38.1 Å². The first-order valence-corrected chi connectivity index (χ1v) is 8.94. The van der Waals surface area contributed by atoms with Crippen molar-refractivity contribution in [3.8, 4) is 11.5 Å². The van der Waals surface area contributed by atoms with Crippen LogP contribution in [0.25, 0.3) is 6.08 Å². The molecular formula is C19H26N2O3S. The van der Waals surface area contributed by atoms with Crippen molar-refractivity contribution in [2.75, 3.05) is 21.3 Å². The van der Waals surface area contributed by atoms with Crippen molar-refractivity contribution in [1.29, 1.82) is 0 Å². The summed E-state index contributed by atoms with van der Waals surface area (Å²) >= 11 is 5.36. The molecule has 0 heterocycles. The average Bonchev–Trinajstić information content (AvgIpc) is 2.66. The number of ether oxygens (including phenoxy) is 2. The number of amides is 1. The van der Waals surface area contributed by atoms with E-state index in [0.29, 0.717) is 22.7 Å². The van der Waals surface area contributed by atoms with Gasteiger partial charge in [0.05, 0.1) is 14.2 Å². The lowest BCUT2D eigenvalue weighted by molar-refractivity contribution is -0.115. The van der Waals surface area contributed by atoms with Crippen molar-refractivity contribution in [1.82, 2.24) is 10.2 Å². The Bertz CT molecular complexity index is 640. The molecular weight excluding hydrogens is 336 g/mol. The van der Waals surface area contributed by atoms with Gasteiger partial charge in [-0.2, -0.15) is 0 Å². The minimum atomic E-state index is -0.234. The van der Waals surface area contributed by atoms with Crippen molar-refractivity contribution >= 4 is 29.3 Å². The summed E-state index contributed by atoms with van der Waals surface area (Å²) in [4.78, 5) is 14.1. The zero-order valence-electron chi connectivity index (χ0n) is 15.1. The van der Waals surface area contributed by atoms with E-state index >= 15 is 0 Å². The van der Waals surface area contributed by atoms with Crippen LogP contribution in [0.4, 0.5) is 0 Å². The molecule has 0 radical (unpaired) electrons. The predicted molar refractivity (Wildman–Crippen MR) is 104 cm³/mol. The summed E-state index contributed by atoms with van der Waals surface area (Å²) in [5.74, 6) is 1.04. The maximum Gasteiger partial charge on any atom is 0.250 e. The molecule has 1 aliphatic rings. The van der Waals surface area contributed by atoms with Crippen LogP contribution in [0.5, 0.6) is 11.5 Å². The van der Waals surface area contributed by atoms with Gasteiger partial charge in [0.2, 0.25) is 5.91 Å². The third kappa shape index (κ3) is 5.46. The molecule has 0 spiro atoms. The molecule has 0 saturated heterocycles. The standard InChI is InChI=1S/C19H26N2O3S/c1-21(15-7-5-4-6-8-15)19(25)20-18(22)12-10-14-9-11-16(23-2)17(13-14)24-3/h9-13,15H,4-8H2,1-3H3,(H,20,22,25)/b12-10+. The van der Waals surface area contributed by atoms with Gasteiger partial charge in [-0.1, -0.05) is 25.3 Å². The Labute approximate surface area is 155 Å². The minimum absolute atomic E-state index is 0.234. The van der Waals surface area contributed by atoms with Crippen molar-refractivity contribution in [2.24, 2.45) is 0 Å². The van der Waals surface area contributed by atoms with E-state index in [4.69, 9.17) is 21.7 Å². The molecule has 0 aliphatic heterocycles. The molecule has 1 aliphatic carbocycles. The van der Waals surface area contributed by atoms with Gasteiger partial charge in [0.15, 0.2) is 16.6 Å². The first kappa shape index (κ1) is 19.2. The number of hydrogen-bond donors (Lipinski definition) is 1. The molecule has 2 rings (SSSR count). The summed E-state index contributed by atoms with van der Waals surface area (Å²) in [6.45, 7) is 0. The fourth-order valence-electron chi connectivity index (χ4n) is 3.00. The summed E-state index contributed by atoms with van der Waals surface area (Å²) in [5, 5.41) is 3.25. The van der Waals surface area contributed by atoms with E-state index in [-0.39, 0.29) is 5.91 Å². The normalized spacial score (nSPS) is 15.0. The summed E-state index contributed by atoms with van der Waals surface area (Å²) in [6, 6.07) is 5.90. The van der Waals surface area contributed by atoms with Gasteiger partial charge in [-0.3, -0.25) is 10.1 Å². The third-order valence-corrected chi connectivity index (χ3v) is 4.90. The number of thiocarbonyl (C=S) groups is 1. The zero-order chi connectivity index (χ0) is 18.2. The van der Waals surface area contributed by atoms with E-state index in [1.165, 1.54) is 25.3 Å². The monoisotopic (exact) mass is 362 g/mol. The number of carbonyl (C=O) groups excluding carboxylic acids is 1. The van der Waals surface area contributed by atoms with Crippen LogP contribution >= 0.6 is 12.2 Å². The van der Waals surface area contributed by atoms with Gasteiger partial charge in [0, 0.05) is 19.2 Å². The number of benzene rings is 1. The van der Waals surface area contributed by atoms with Crippen LogP contribution in [0.15, 0.2) is 24.3 Å². The summed E-state index contributed by atoms with van der Waals surface area (Å²) in [5.41, 5.74) is 0.847. The molecule has 1 amide bonds. The molecule has 1 saturated carbocycles. The number of methoxy groups -OCH3 is 2. The maximum absolute atomic E-state index is 12.1. The number of carbonyl (C=O) groups is 1.